The fourth-order valence-electron chi connectivity index (χ4n) is 2.08. The first-order valence-electron chi connectivity index (χ1n) is 6.84. The summed E-state index contributed by atoms with van der Waals surface area (Å²) in [5.74, 6) is -0.169. The standard InChI is InChI=1S/C15H19N5O2/c1-9(11-4-6-12(7-5-11)19-15(16)22)18-14(21)13-8-17-20(3)10(13)2/h4-9H,1-3H3,(H,18,21)(H3,16,19,22). The highest BCUT2D eigenvalue weighted by molar-refractivity contribution is 5.95. The number of nitrogens with one attached hydrogen (secondary N) is 2. The van der Waals surface area contributed by atoms with E-state index >= 15 is 0 Å². The van der Waals surface area contributed by atoms with E-state index < -0.39 is 6.03 Å². The van der Waals surface area contributed by atoms with E-state index in [0.717, 1.165) is 11.3 Å². The van der Waals surface area contributed by atoms with E-state index in [1.54, 1.807) is 30.1 Å². The molecule has 1 aromatic carbocycles. The van der Waals surface area contributed by atoms with Crippen LogP contribution in [0.3, 0.4) is 0 Å². The molecule has 0 spiro atoms. The van der Waals surface area contributed by atoms with Gasteiger partial charge in [0.1, 0.15) is 0 Å². The van der Waals surface area contributed by atoms with Crippen molar-refractivity contribution >= 4 is 17.6 Å². The molecule has 0 saturated carbocycles. The molecule has 4 N–H and O–H groups in total. The minimum Gasteiger partial charge on any atom is -0.351 e. The van der Waals surface area contributed by atoms with Gasteiger partial charge in [0, 0.05) is 18.4 Å². The van der Waals surface area contributed by atoms with E-state index in [4.69, 9.17) is 5.73 Å². The highest BCUT2D eigenvalue weighted by Gasteiger charge is 2.15. The number of nitrogens with zero attached hydrogens (tertiary/aromatic N) is 2. The Hall–Kier alpha value is -2.83. The smallest absolute Gasteiger partial charge is 0.316 e. The maximum Gasteiger partial charge on any atom is 0.316 e. The normalized spacial score (nSPS) is 11.8. The van der Waals surface area contributed by atoms with E-state index in [2.05, 4.69) is 15.7 Å². The third-order valence-corrected chi connectivity index (χ3v) is 3.51. The number of aryl methyl sites for hydroxylation is 1. The van der Waals surface area contributed by atoms with Gasteiger partial charge in [-0.1, -0.05) is 12.1 Å². The van der Waals surface area contributed by atoms with Gasteiger partial charge in [-0.05, 0) is 31.5 Å². The van der Waals surface area contributed by atoms with Crippen molar-refractivity contribution in [3.63, 3.8) is 0 Å². The molecule has 22 heavy (non-hydrogen) atoms. The zero-order chi connectivity index (χ0) is 16.3. The van der Waals surface area contributed by atoms with E-state index in [9.17, 15) is 9.59 Å². The molecule has 0 fully saturated rings. The minimum absolute atomic E-state index is 0.169. The second-order valence-electron chi connectivity index (χ2n) is 5.07. The molecule has 0 aliphatic heterocycles. The maximum absolute atomic E-state index is 12.2. The number of urea groups is 1. The minimum atomic E-state index is -0.610. The van der Waals surface area contributed by atoms with E-state index in [1.165, 1.54) is 0 Å². The topological polar surface area (TPSA) is 102 Å². The Balaban J connectivity index is 2.05. The van der Waals surface area contributed by atoms with Gasteiger partial charge in [0.25, 0.3) is 5.91 Å². The SMILES string of the molecule is Cc1c(C(=O)NC(C)c2ccc(NC(N)=O)cc2)cnn1C. The zero-order valence-electron chi connectivity index (χ0n) is 12.8. The lowest BCUT2D eigenvalue weighted by atomic mass is 10.1. The fourth-order valence-corrected chi connectivity index (χ4v) is 2.08. The molecule has 0 radical (unpaired) electrons. The largest absolute Gasteiger partial charge is 0.351 e. The molecular formula is C15H19N5O2. The van der Waals surface area contributed by atoms with E-state index in [0.29, 0.717) is 11.3 Å². The Bertz CT molecular complexity index is 690. The molecule has 7 heteroatoms. The summed E-state index contributed by atoms with van der Waals surface area (Å²) < 4.78 is 1.66. The zero-order valence-corrected chi connectivity index (χ0v) is 12.8. The quantitative estimate of drug-likeness (QED) is 0.801. The number of benzene rings is 1. The second kappa shape index (κ2) is 6.30. The fraction of sp³-hybridized carbons (Fsp3) is 0.267. The van der Waals surface area contributed by atoms with Gasteiger partial charge in [-0.25, -0.2) is 4.79 Å². The number of anilines is 1. The first kappa shape index (κ1) is 15.6. The number of rotatable bonds is 4. The van der Waals surface area contributed by atoms with Crippen LogP contribution in [0.2, 0.25) is 0 Å². The molecule has 116 valence electrons. The summed E-state index contributed by atoms with van der Waals surface area (Å²) in [6.07, 6.45) is 1.55. The maximum atomic E-state index is 12.2. The molecular weight excluding hydrogens is 282 g/mol. The number of hydrogen-bond donors (Lipinski definition) is 3. The van der Waals surface area contributed by atoms with Crippen LogP contribution < -0.4 is 16.4 Å². The molecule has 0 saturated heterocycles. The van der Waals surface area contributed by atoms with Gasteiger partial charge in [0.05, 0.1) is 17.8 Å². The monoisotopic (exact) mass is 301 g/mol. The third-order valence-electron chi connectivity index (χ3n) is 3.51. The van der Waals surface area contributed by atoms with Crippen molar-refractivity contribution in [2.75, 3.05) is 5.32 Å². The lowest BCUT2D eigenvalue weighted by molar-refractivity contribution is 0.0939. The van der Waals surface area contributed by atoms with Crippen LogP contribution in [0, 0.1) is 6.92 Å². The number of hydrogen-bond acceptors (Lipinski definition) is 3. The van der Waals surface area contributed by atoms with Crippen molar-refractivity contribution in [3.05, 3.63) is 47.3 Å². The van der Waals surface area contributed by atoms with Crippen LogP contribution in [0.1, 0.15) is 34.6 Å². The average molecular weight is 301 g/mol. The van der Waals surface area contributed by atoms with Crippen LogP contribution in [0.15, 0.2) is 30.5 Å². The molecule has 1 heterocycles. The van der Waals surface area contributed by atoms with Crippen molar-refractivity contribution in [2.24, 2.45) is 12.8 Å². The summed E-state index contributed by atoms with van der Waals surface area (Å²) >= 11 is 0. The molecule has 2 aromatic rings. The second-order valence-corrected chi connectivity index (χ2v) is 5.07. The van der Waals surface area contributed by atoms with Crippen LogP contribution in [0.5, 0.6) is 0 Å². The van der Waals surface area contributed by atoms with Gasteiger partial charge in [0.2, 0.25) is 0 Å². The van der Waals surface area contributed by atoms with Crippen molar-refractivity contribution in [2.45, 2.75) is 19.9 Å². The average Bonchev–Trinajstić information content (AvgIpc) is 2.79. The Morgan fingerprint density at radius 1 is 1.27 bits per heavy atom. The number of carbonyl (C=O) groups is 2. The molecule has 1 aromatic heterocycles. The predicted octanol–water partition coefficient (Wildman–Crippen LogP) is 1.71. The lowest BCUT2D eigenvalue weighted by Gasteiger charge is -2.14. The summed E-state index contributed by atoms with van der Waals surface area (Å²) in [5.41, 5.74) is 7.95. The van der Waals surface area contributed by atoms with Crippen LogP contribution in [-0.4, -0.2) is 21.7 Å². The Kier molecular flexibility index (Phi) is 4.45. The molecule has 0 aliphatic carbocycles. The number of amides is 3. The third kappa shape index (κ3) is 3.43. The number of aromatic nitrogens is 2. The molecule has 3 amide bonds. The van der Waals surface area contributed by atoms with Crippen molar-refractivity contribution in [3.8, 4) is 0 Å². The molecule has 1 atom stereocenters. The summed E-state index contributed by atoms with van der Waals surface area (Å²) in [5, 5.41) is 9.47. The van der Waals surface area contributed by atoms with Crippen molar-refractivity contribution in [1.29, 1.82) is 0 Å². The van der Waals surface area contributed by atoms with Crippen LogP contribution >= 0.6 is 0 Å². The van der Waals surface area contributed by atoms with Crippen LogP contribution in [-0.2, 0) is 7.05 Å². The summed E-state index contributed by atoms with van der Waals surface area (Å²) in [4.78, 5) is 23.0. The summed E-state index contributed by atoms with van der Waals surface area (Å²) in [7, 11) is 1.79. The van der Waals surface area contributed by atoms with Gasteiger partial charge < -0.3 is 16.4 Å². The van der Waals surface area contributed by atoms with Gasteiger partial charge in [-0.2, -0.15) is 5.10 Å². The van der Waals surface area contributed by atoms with E-state index in [-0.39, 0.29) is 11.9 Å². The van der Waals surface area contributed by atoms with Gasteiger partial charge in [-0.3, -0.25) is 9.48 Å². The van der Waals surface area contributed by atoms with Crippen molar-refractivity contribution in [1.82, 2.24) is 15.1 Å². The van der Waals surface area contributed by atoms with Gasteiger partial charge >= 0.3 is 6.03 Å². The summed E-state index contributed by atoms with van der Waals surface area (Å²) in [6.45, 7) is 3.73. The first-order valence-corrected chi connectivity index (χ1v) is 6.84. The predicted molar refractivity (Wildman–Crippen MR) is 83.5 cm³/mol. The first-order chi connectivity index (χ1) is 10.4. The molecule has 1 unspecified atom stereocenters. The van der Waals surface area contributed by atoms with Crippen molar-refractivity contribution < 1.29 is 9.59 Å². The number of nitrogens with two attached hydrogens (primary N) is 1. The van der Waals surface area contributed by atoms with Gasteiger partial charge in [0.15, 0.2) is 0 Å². The molecule has 7 nitrogen and oxygen atoms in total. The Morgan fingerprint density at radius 2 is 1.91 bits per heavy atom. The van der Waals surface area contributed by atoms with Crippen LogP contribution in [0.4, 0.5) is 10.5 Å². The van der Waals surface area contributed by atoms with Crippen LogP contribution in [0.25, 0.3) is 0 Å². The highest BCUT2D eigenvalue weighted by Crippen LogP contribution is 2.17. The Morgan fingerprint density at radius 3 is 2.41 bits per heavy atom. The van der Waals surface area contributed by atoms with E-state index in [1.807, 2.05) is 26.0 Å². The van der Waals surface area contributed by atoms with Gasteiger partial charge in [-0.15, -0.1) is 0 Å². The molecule has 2 rings (SSSR count). The lowest BCUT2D eigenvalue weighted by Crippen LogP contribution is -2.27. The Labute approximate surface area is 128 Å². The molecule has 0 aliphatic rings. The number of primary amides is 1. The highest BCUT2D eigenvalue weighted by atomic mass is 16.2. The summed E-state index contributed by atoms with van der Waals surface area (Å²) in [6, 6.07) is 6.34. The molecule has 0 bridgehead atoms. The number of carbonyl (C=O) groups excluding carboxylic acids is 2.